The van der Waals surface area contributed by atoms with E-state index in [1.807, 2.05) is 48.5 Å². The standard InChI is InChI=1S/C46H43NO16/c1-21-40(52)29(47-45(57)61-19-28-24-10-5-3-8-22(24)23-9-4-6-11-25(23)28)16-35(62-21)63-31-18-46(58,32(48)20-60-34(51)15-14-33(49)50)17-27-37(31)44(56)39-38(42(27)54)41(53)26-12-7-13-30(59-2)36(26)43(39)55/h3-13,21,28-29,31,35,40,52,54,56,58H,14-20H2,1-2H3,(H,47,57)(H,49,50)/t21?,29?,31-,35?,40?,46-/m0/s1. The molecule has 1 fully saturated rings. The fourth-order valence-corrected chi connectivity index (χ4v) is 9.06. The molecule has 8 rings (SSSR count). The average molecular weight is 866 g/mol. The summed E-state index contributed by atoms with van der Waals surface area (Å²) in [7, 11) is 1.29. The SMILES string of the molecule is COc1cccc2c1C(=O)c1c(O)c3c(c(O)c1C2=O)C[C@@](O)(C(=O)COC(=O)CCC(=O)O)C[C@@H]3OC1CC(NC(=O)OCC2c3ccccc3-c3ccccc32)C(O)C(C)O1. The Balaban J connectivity index is 1.07. The maximum absolute atomic E-state index is 14.1. The Hall–Kier alpha value is -6.66. The lowest BCUT2D eigenvalue weighted by Crippen LogP contribution is -2.56. The number of methoxy groups -OCH3 is 1. The number of carboxylic acid groups (broad SMARTS) is 1. The summed E-state index contributed by atoms with van der Waals surface area (Å²) < 4.78 is 28.3. The van der Waals surface area contributed by atoms with Gasteiger partial charge in [0.2, 0.25) is 11.6 Å². The number of aromatic hydroxyl groups is 2. The minimum Gasteiger partial charge on any atom is -0.507 e. The number of esters is 1. The second kappa shape index (κ2) is 16.9. The topological polar surface area (TPSA) is 262 Å². The summed E-state index contributed by atoms with van der Waals surface area (Å²) in [6.45, 7) is 0.475. The molecule has 0 saturated carbocycles. The largest absolute Gasteiger partial charge is 0.507 e. The molecule has 0 radical (unpaired) electrons. The number of benzene rings is 4. The number of carbonyl (C=O) groups excluding carboxylic acids is 5. The highest BCUT2D eigenvalue weighted by molar-refractivity contribution is 6.31. The molecule has 6 N–H and O–H groups in total. The highest BCUT2D eigenvalue weighted by atomic mass is 16.7. The Morgan fingerprint density at radius 1 is 0.841 bits per heavy atom. The first-order valence-electron chi connectivity index (χ1n) is 20.2. The minimum atomic E-state index is -2.51. The lowest BCUT2D eigenvalue weighted by Gasteiger charge is -2.42. The van der Waals surface area contributed by atoms with E-state index in [1.54, 1.807) is 0 Å². The van der Waals surface area contributed by atoms with Crippen LogP contribution in [0.3, 0.4) is 0 Å². The number of carboxylic acids is 1. The van der Waals surface area contributed by atoms with Crippen LogP contribution in [0.15, 0.2) is 66.7 Å². The predicted molar refractivity (Wildman–Crippen MR) is 217 cm³/mol. The lowest BCUT2D eigenvalue weighted by atomic mass is 9.72. The molecule has 1 saturated heterocycles. The Kier molecular flexibility index (Phi) is 11.5. The molecule has 0 bridgehead atoms. The van der Waals surface area contributed by atoms with Gasteiger partial charge in [0.15, 0.2) is 18.7 Å². The number of ether oxygens (including phenoxy) is 5. The van der Waals surface area contributed by atoms with Gasteiger partial charge in [-0.1, -0.05) is 60.7 Å². The molecule has 63 heavy (non-hydrogen) atoms. The van der Waals surface area contributed by atoms with Crippen molar-refractivity contribution in [3.05, 3.63) is 111 Å². The molecule has 3 aliphatic carbocycles. The van der Waals surface area contributed by atoms with Crippen LogP contribution in [0.1, 0.15) is 98.7 Å². The van der Waals surface area contributed by atoms with Crippen molar-refractivity contribution in [1.82, 2.24) is 5.32 Å². The zero-order chi connectivity index (χ0) is 44.9. The van der Waals surface area contributed by atoms with Crippen molar-refractivity contribution in [2.24, 2.45) is 0 Å². The van der Waals surface area contributed by atoms with Crippen LogP contribution in [0, 0.1) is 0 Å². The van der Waals surface area contributed by atoms with Crippen LogP contribution in [-0.2, 0) is 39.8 Å². The number of aliphatic carboxylic acids is 1. The molecule has 328 valence electrons. The smallest absolute Gasteiger partial charge is 0.407 e. The van der Waals surface area contributed by atoms with E-state index >= 15 is 0 Å². The molecule has 6 atom stereocenters. The second-order valence-corrected chi connectivity index (χ2v) is 16.0. The maximum Gasteiger partial charge on any atom is 0.407 e. The van der Waals surface area contributed by atoms with Crippen LogP contribution in [-0.4, -0.2) is 111 Å². The fraction of sp³-hybridized carbons (Fsp3) is 0.348. The number of phenolic OH excluding ortho intramolecular Hbond substituents is 2. The third-order valence-electron chi connectivity index (χ3n) is 12.2. The van der Waals surface area contributed by atoms with Gasteiger partial charge in [0, 0.05) is 41.9 Å². The molecule has 17 nitrogen and oxygen atoms in total. The molecule has 1 amide bonds. The number of ketones is 3. The average Bonchev–Trinajstić information content (AvgIpc) is 3.58. The first-order chi connectivity index (χ1) is 30.1. The van der Waals surface area contributed by atoms with Crippen LogP contribution in [0.5, 0.6) is 17.2 Å². The third kappa shape index (κ3) is 7.77. The number of rotatable bonds is 12. The Morgan fingerprint density at radius 2 is 1.49 bits per heavy atom. The predicted octanol–water partition coefficient (Wildman–Crippen LogP) is 4.00. The highest BCUT2D eigenvalue weighted by Gasteiger charge is 2.51. The van der Waals surface area contributed by atoms with Crippen molar-refractivity contribution < 1.29 is 78.0 Å². The molecule has 4 unspecified atom stereocenters. The first-order valence-corrected chi connectivity index (χ1v) is 20.2. The van der Waals surface area contributed by atoms with Gasteiger partial charge in [-0.2, -0.15) is 0 Å². The quantitative estimate of drug-likeness (QED) is 0.0765. The molecule has 4 aromatic carbocycles. The number of amides is 1. The fourth-order valence-electron chi connectivity index (χ4n) is 9.06. The zero-order valence-electron chi connectivity index (χ0n) is 34.0. The van der Waals surface area contributed by atoms with E-state index < -0.39 is 127 Å². The lowest BCUT2D eigenvalue weighted by molar-refractivity contribution is -0.249. The maximum atomic E-state index is 14.1. The summed E-state index contributed by atoms with van der Waals surface area (Å²) in [5.41, 5.74) is -0.522. The number of aliphatic hydroxyl groups excluding tert-OH is 1. The summed E-state index contributed by atoms with van der Waals surface area (Å²) in [4.78, 5) is 78.3. The molecule has 4 aliphatic rings. The van der Waals surface area contributed by atoms with Crippen LogP contribution < -0.4 is 10.1 Å². The Morgan fingerprint density at radius 3 is 2.16 bits per heavy atom. The number of Topliss-reactive ketones (excluding diaryl/α,β-unsaturated/α-hetero) is 1. The number of phenols is 2. The zero-order valence-corrected chi connectivity index (χ0v) is 34.0. The van der Waals surface area contributed by atoms with Crippen molar-refractivity contribution in [2.75, 3.05) is 20.3 Å². The summed E-state index contributed by atoms with van der Waals surface area (Å²) in [5, 5.41) is 58.5. The van der Waals surface area contributed by atoms with Gasteiger partial charge in [-0.05, 0) is 35.2 Å². The Labute approximate surface area is 359 Å². The van der Waals surface area contributed by atoms with Crippen molar-refractivity contribution in [2.45, 2.75) is 81.2 Å². The number of carbonyl (C=O) groups is 6. The van der Waals surface area contributed by atoms with E-state index in [9.17, 15) is 49.2 Å². The number of hydrogen-bond acceptors (Lipinski definition) is 15. The van der Waals surface area contributed by atoms with Crippen LogP contribution in [0.2, 0.25) is 0 Å². The van der Waals surface area contributed by atoms with Crippen molar-refractivity contribution in [1.29, 1.82) is 0 Å². The number of nitrogens with one attached hydrogen (secondary N) is 1. The van der Waals surface area contributed by atoms with Gasteiger partial charge < -0.3 is 54.5 Å². The third-order valence-corrected chi connectivity index (χ3v) is 12.2. The normalized spacial score (nSPS) is 23.3. The van der Waals surface area contributed by atoms with E-state index in [1.165, 1.54) is 32.2 Å². The minimum absolute atomic E-state index is 0.0142. The second-order valence-electron chi connectivity index (χ2n) is 16.0. The van der Waals surface area contributed by atoms with E-state index in [0.717, 1.165) is 22.3 Å². The molecule has 17 heteroatoms. The molecule has 0 spiro atoms. The molecule has 1 heterocycles. The molecular formula is C46H43NO16. The summed E-state index contributed by atoms with van der Waals surface area (Å²) in [6.07, 6.45) is -8.86. The van der Waals surface area contributed by atoms with Gasteiger partial charge in [-0.25, -0.2) is 4.79 Å². The number of alkyl carbamates (subject to hydrolysis) is 1. The molecular weight excluding hydrogens is 822 g/mol. The van der Waals surface area contributed by atoms with Gasteiger partial charge in [0.25, 0.3) is 0 Å². The van der Waals surface area contributed by atoms with Crippen LogP contribution >= 0.6 is 0 Å². The molecule has 0 aromatic heterocycles. The van der Waals surface area contributed by atoms with Crippen molar-refractivity contribution in [3.8, 4) is 28.4 Å². The van der Waals surface area contributed by atoms with E-state index in [2.05, 4.69) is 5.32 Å². The van der Waals surface area contributed by atoms with Gasteiger partial charge in [-0.3, -0.25) is 24.0 Å². The Bertz CT molecular complexity index is 2520. The van der Waals surface area contributed by atoms with Crippen LogP contribution in [0.4, 0.5) is 4.79 Å². The van der Waals surface area contributed by atoms with E-state index in [0.29, 0.717) is 0 Å². The number of aliphatic hydroxyl groups is 2. The monoisotopic (exact) mass is 865 g/mol. The molecule has 4 aromatic rings. The van der Waals surface area contributed by atoms with Crippen molar-refractivity contribution >= 4 is 35.4 Å². The van der Waals surface area contributed by atoms with Gasteiger partial charge >= 0.3 is 18.0 Å². The highest BCUT2D eigenvalue weighted by Crippen LogP contribution is 2.53. The van der Waals surface area contributed by atoms with E-state index in [4.69, 9.17) is 28.8 Å². The van der Waals surface area contributed by atoms with E-state index in [-0.39, 0.29) is 46.9 Å². The van der Waals surface area contributed by atoms with Gasteiger partial charge in [-0.15, -0.1) is 0 Å². The molecule has 1 aliphatic heterocycles. The number of hydrogen-bond donors (Lipinski definition) is 6. The summed E-state index contributed by atoms with van der Waals surface area (Å²) in [6, 6.07) is 18.8. The summed E-state index contributed by atoms with van der Waals surface area (Å²) in [5.74, 6) is -6.98. The van der Waals surface area contributed by atoms with Crippen LogP contribution in [0.25, 0.3) is 11.1 Å². The number of fused-ring (bicyclic) bond motifs is 6. The first kappa shape index (κ1) is 43.0. The van der Waals surface area contributed by atoms with Gasteiger partial charge in [0.05, 0.1) is 54.9 Å². The van der Waals surface area contributed by atoms with Crippen molar-refractivity contribution in [3.63, 3.8) is 0 Å². The van der Waals surface area contributed by atoms with Gasteiger partial charge in [0.1, 0.15) is 35.6 Å². The summed E-state index contributed by atoms with van der Waals surface area (Å²) >= 11 is 0.